The minimum atomic E-state index is -0.00800. The first kappa shape index (κ1) is 15.9. The number of hydrogen-bond donors (Lipinski definition) is 1. The molecule has 0 saturated heterocycles. The lowest BCUT2D eigenvalue weighted by Gasteiger charge is -2.22. The minimum absolute atomic E-state index is 0.00800. The van der Waals surface area contributed by atoms with E-state index in [2.05, 4.69) is 48.4 Å². The summed E-state index contributed by atoms with van der Waals surface area (Å²) in [5, 5.41) is 5.50. The summed E-state index contributed by atoms with van der Waals surface area (Å²) in [6, 6.07) is 12.3. The van der Waals surface area contributed by atoms with Crippen molar-refractivity contribution in [2.24, 2.45) is 5.92 Å². The van der Waals surface area contributed by atoms with Gasteiger partial charge in [-0.25, -0.2) is 4.98 Å². The number of nitrogens with one attached hydrogen (secondary N) is 1. The Kier molecular flexibility index (Phi) is 4.59. The average Bonchev–Trinajstić information content (AvgIpc) is 2.90. The zero-order valence-corrected chi connectivity index (χ0v) is 14.4. The Morgan fingerprint density at radius 1 is 1.26 bits per heavy atom. The van der Waals surface area contributed by atoms with Crippen LogP contribution in [0.25, 0.3) is 4.96 Å². The molecular formula is C18H21N3OS. The van der Waals surface area contributed by atoms with E-state index in [1.807, 2.05) is 18.4 Å². The largest absolute Gasteiger partial charge is 0.304 e. The molecule has 0 saturated carbocycles. The van der Waals surface area contributed by atoms with Gasteiger partial charge in [-0.3, -0.25) is 9.20 Å². The lowest BCUT2D eigenvalue weighted by atomic mass is 9.96. The van der Waals surface area contributed by atoms with E-state index in [1.165, 1.54) is 16.9 Å². The third-order valence-corrected chi connectivity index (χ3v) is 4.90. The van der Waals surface area contributed by atoms with Gasteiger partial charge in [-0.05, 0) is 18.4 Å². The molecule has 0 spiro atoms. The normalized spacial score (nSPS) is 12.9. The number of fused-ring (bicyclic) bond motifs is 1. The van der Waals surface area contributed by atoms with Crippen molar-refractivity contribution in [3.8, 4) is 0 Å². The van der Waals surface area contributed by atoms with Crippen molar-refractivity contribution in [1.82, 2.24) is 14.7 Å². The summed E-state index contributed by atoms with van der Waals surface area (Å²) < 4.78 is 1.66. The van der Waals surface area contributed by atoms with E-state index >= 15 is 0 Å². The molecule has 0 aliphatic carbocycles. The van der Waals surface area contributed by atoms with Crippen molar-refractivity contribution in [2.45, 2.75) is 33.4 Å². The fraction of sp³-hybridized carbons (Fsp3) is 0.333. The van der Waals surface area contributed by atoms with Crippen LogP contribution in [-0.2, 0) is 6.54 Å². The van der Waals surface area contributed by atoms with Crippen molar-refractivity contribution in [1.29, 1.82) is 0 Å². The van der Waals surface area contributed by atoms with Crippen LogP contribution in [0.2, 0.25) is 0 Å². The van der Waals surface area contributed by atoms with Crippen LogP contribution in [0.3, 0.4) is 0 Å². The van der Waals surface area contributed by atoms with E-state index in [4.69, 9.17) is 0 Å². The first-order valence-electron chi connectivity index (χ1n) is 7.81. The number of benzene rings is 1. The molecule has 1 N–H and O–H groups in total. The second-order valence-electron chi connectivity index (χ2n) is 6.09. The van der Waals surface area contributed by atoms with Crippen molar-refractivity contribution >= 4 is 16.3 Å². The molecular weight excluding hydrogens is 306 g/mol. The van der Waals surface area contributed by atoms with E-state index in [1.54, 1.807) is 10.5 Å². The summed E-state index contributed by atoms with van der Waals surface area (Å²) in [4.78, 5) is 17.6. The molecule has 3 rings (SSSR count). The molecule has 2 aromatic heterocycles. The third kappa shape index (κ3) is 3.35. The maximum atomic E-state index is 12.2. The summed E-state index contributed by atoms with van der Waals surface area (Å²) >= 11 is 1.50. The van der Waals surface area contributed by atoms with Crippen LogP contribution in [0.1, 0.15) is 36.8 Å². The van der Waals surface area contributed by atoms with Gasteiger partial charge in [0.05, 0.1) is 5.69 Å². The van der Waals surface area contributed by atoms with Gasteiger partial charge >= 0.3 is 0 Å². The highest BCUT2D eigenvalue weighted by Gasteiger charge is 2.15. The number of aryl methyl sites for hydroxylation is 1. The summed E-state index contributed by atoms with van der Waals surface area (Å²) in [7, 11) is 0. The third-order valence-electron chi connectivity index (χ3n) is 3.96. The van der Waals surface area contributed by atoms with Gasteiger partial charge in [0.1, 0.15) is 0 Å². The lowest BCUT2D eigenvalue weighted by molar-refractivity contribution is 0.408. The highest BCUT2D eigenvalue weighted by Crippen LogP contribution is 2.21. The quantitative estimate of drug-likeness (QED) is 0.779. The number of hydrogen-bond acceptors (Lipinski definition) is 4. The molecule has 120 valence electrons. The summed E-state index contributed by atoms with van der Waals surface area (Å²) in [6.45, 7) is 6.90. The van der Waals surface area contributed by atoms with E-state index in [0.717, 1.165) is 16.3 Å². The van der Waals surface area contributed by atoms with Gasteiger partial charge in [-0.2, -0.15) is 0 Å². The van der Waals surface area contributed by atoms with E-state index < -0.39 is 0 Å². The highest BCUT2D eigenvalue weighted by atomic mass is 32.1. The van der Waals surface area contributed by atoms with Gasteiger partial charge in [0.15, 0.2) is 4.96 Å². The Bertz CT molecular complexity index is 852. The first-order valence-corrected chi connectivity index (χ1v) is 8.69. The van der Waals surface area contributed by atoms with Crippen LogP contribution < -0.4 is 10.9 Å². The van der Waals surface area contributed by atoms with Crippen molar-refractivity contribution in [3.05, 3.63) is 69.1 Å². The summed E-state index contributed by atoms with van der Waals surface area (Å²) in [5.74, 6) is 0.450. The monoisotopic (exact) mass is 327 g/mol. The number of nitrogens with zero attached hydrogens (tertiary/aromatic N) is 2. The second kappa shape index (κ2) is 6.64. The van der Waals surface area contributed by atoms with Gasteiger partial charge in [0, 0.05) is 29.7 Å². The maximum absolute atomic E-state index is 12.2. The van der Waals surface area contributed by atoms with Crippen molar-refractivity contribution in [3.63, 3.8) is 0 Å². The molecule has 0 amide bonds. The summed E-state index contributed by atoms with van der Waals surface area (Å²) in [6.07, 6.45) is 0. The predicted molar refractivity (Wildman–Crippen MR) is 94.9 cm³/mol. The SMILES string of the molecule is Cc1csc2nc(CN[C@@H](c3ccccc3)C(C)C)cc(=O)n12. The Labute approximate surface area is 139 Å². The van der Waals surface area contributed by atoms with Gasteiger partial charge in [0.2, 0.25) is 0 Å². The number of thiazole rings is 1. The van der Waals surface area contributed by atoms with Crippen LogP contribution in [0.4, 0.5) is 0 Å². The van der Waals surface area contributed by atoms with Crippen LogP contribution in [0, 0.1) is 12.8 Å². The molecule has 1 atom stereocenters. The van der Waals surface area contributed by atoms with Gasteiger partial charge in [-0.15, -0.1) is 11.3 Å². The van der Waals surface area contributed by atoms with E-state index in [9.17, 15) is 4.79 Å². The van der Waals surface area contributed by atoms with Gasteiger partial charge < -0.3 is 5.32 Å². The molecule has 0 unspecified atom stereocenters. The Hall–Kier alpha value is -1.98. The molecule has 3 aromatic rings. The zero-order chi connectivity index (χ0) is 16.4. The molecule has 0 bridgehead atoms. The van der Waals surface area contributed by atoms with Crippen molar-refractivity contribution < 1.29 is 0 Å². The Morgan fingerprint density at radius 2 is 2.00 bits per heavy atom. The maximum Gasteiger partial charge on any atom is 0.259 e. The fourth-order valence-electron chi connectivity index (χ4n) is 2.80. The molecule has 0 aliphatic rings. The topological polar surface area (TPSA) is 46.4 Å². The average molecular weight is 327 g/mol. The van der Waals surface area contributed by atoms with Crippen LogP contribution in [-0.4, -0.2) is 9.38 Å². The fourth-order valence-corrected chi connectivity index (χ4v) is 3.70. The molecule has 1 aromatic carbocycles. The molecule has 0 aliphatic heterocycles. The lowest BCUT2D eigenvalue weighted by Crippen LogP contribution is -2.27. The standard InChI is InChI=1S/C18H21N3OS/c1-12(2)17(14-7-5-4-6-8-14)19-10-15-9-16(22)21-13(3)11-23-18(21)20-15/h4-9,11-12,17,19H,10H2,1-3H3/t17-/m1/s1. The second-order valence-corrected chi connectivity index (χ2v) is 6.93. The van der Waals surface area contributed by atoms with Crippen LogP contribution >= 0.6 is 11.3 Å². The predicted octanol–water partition coefficient (Wildman–Crippen LogP) is 3.55. The minimum Gasteiger partial charge on any atom is -0.304 e. The van der Waals surface area contributed by atoms with Crippen molar-refractivity contribution in [2.75, 3.05) is 0 Å². The molecule has 0 fully saturated rings. The molecule has 0 radical (unpaired) electrons. The van der Waals surface area contributed by atoms with E-state index in [-0.39, 0.29) is 11.6 Å². The van der Waals surface area contributed by atoms with Crippen LogP contribution in [0.15, 0.2) is 46.6 Å². The summed E-state index contributed by atoms with van der Waals surface area (Å²) in [5.41, 5.74) is 2.98. The van der Waals surface area contributed by atoms with Crippen LogP contribution in [0.5, 0.6) is 0 Å². The van der Waals surface area contributed by atoms with Gasteiger partial charge in [0.25, 0.3) is 5.56 Å². The molecule has 5 heteroatoms. The molecule has 4 nitrogen and oxygen atoms in total. The molecule has 23 heavy (non-hydrogen) atoms. The number of rotatable bonds is 5. The number of aromatic nitrogens is 2. The molecule has 2 heterocycles. The highest BCUT2D eigenvalue weighted by molar-refractivity contribution is 7.15. The van der Waals surface area contributed by atoms with Gasteiger partial charge in [-0.1, -0.05) is 44.2 Å². The zero-order valence-electron chi connectivity index (χ0n) is 13.6. The van der Waals surface area contributed by atoms with E-state index in [0.29, 0.717) is 12.5 Å². The first-order chi connectivity index (χ1) is 11.1. The Balaban J connectivity index is 1.83. The smallest absolute Gasteiger partial charge is 0.259 e. The Morgan fingerprint density at radius 3 is 2.70 bits per heavy atom.